The fourth-order valence-corrected chi connectivity index (χ4v) is 2.04. The highest BCUT2D eigenvalue weighted by Crippen LogP contribution is 2.19. The van der Waals surface area contributed by atoms with Crippen molar-refractivity contribution >= 4 is 22.8 Å². The Balaban J connectivity index is 1.83. The van der Waals surface area contributed by atoms with Crippen LogP contribution in [0, 0.1) is 0 Å². The summed E-state index contributed by atoms with van der Waals surface area (Å²) >= 11 is 0. The maximum atomic E-state index is 11.4. The van der Waals surface area contributed by atoms with Crippen LogP contribution in [0.2, 0.25) is 0 Å². The van der Waals surface area contributed by atoms with Gasteiger partial charge in [-0.1, -0.05) is 18.2 Å². The fraction of sp³-hybridized carbons (Fsp3) is 0.286. The molecule has 0 unspecified atom stereocenters. The van der Waals surface area contributed by atoms with Crippen LogP contribution in [0.4, 0.5) is 0 Å². The van der Waals surface area contributed by atoms with E-state index in [9.17, 15) is 9.59 Å². The third-order valence-corrected chi connectivity index (χ3v) is 2.96. The van der Waals surface area contributed by atoms with Crippen molar-refractivity contribution in [1.29, 1.82) is 0 Å². The molecule has 0 saturated carbocycles. The zero-order valence-corrected chi connectivity index (χ0v) is 10.5. The van der Waals surface area contributed by atoms with Crippen molar-refractivity contribution in [2.24, 2.45) is 0 Å². The molecule has 0 spiro atoms. The number of hydrogen-bond donors (Lipinski definition) is 3. The molecule has 0 fully saturated rings. The number of carbonyl (C=O) groups excluding carboxylic acids is 1. The Kier molecular flexibility index (Phi) is 4.18. The average molecular weight is 260 g/mol. The second kappa shape index (κ2) is 6.04. The molecular weight excluding hydrogens is 244 g/mol. The number of H-pyrrole nitrogens is 1. The highest BCUT2D eigenvalue weighted by atomic mass is 16.4. The van der Waals surface area contributed by atoms with E-state index >= 15 is 0 Å². The average Bonchev–Trinajstić information content (AvgIpc) is 2.80. The van der Waals surface area contributed by atoms with Crippen LogP contribution >= 0.6 is 0 Å². The molecule has 100 valence electrons. The maximum absolute atomic E-state index is 11.4. The van der Waals surface area contributed by atoms with Crippen LogP contribution in [-0.4, -0.2) is 28.5 Å². The summed E-state index contributed by atoms with van der Waals surface area (Å²) in [7, 11) is 0. The van der Waals surface area contributed by atoms with Crippen LogP contribution in [-0.2, 0) is 16.0 Å². The molecular formula is C14H16N2O3. The molecule has 1 aromatic carbocycles. The first-order chi connectivity index (χ1) is 9.16. The summed E-state index contributed by atoms with van der Waals surface area (Å²) in [6.45, 7) is -0.314. The van der Waals surface area contributed by atoms with Gasteiger partial charge in [-0.2, -0.15) is 0 Å². The Morgan fingerprint density at radius 2 is 2.05 bits per heavy atom. The number of aromatic amines is 1. The van der Waals surface area contributed by atoms with Crippen molar-refractivity contribution in [3.8, 4) is 0 Å². The molecule has 5 nitrogen and oxygen atoms in total. The number of para-hydroxylation sites is 1. The maximum Gasteiger partial charge on any atom is 0.322 e. The number of aliphatic carboxylic acids is 1. The normalized spacial score (nSPS) is 10.5. The Bertz CT molecular complexity index is 589. The summed E-state index contributed by atoms with van der Waals surface area (Å²) in [5.41, 5.74) is 2.27. The van der Waals surface area contributed by atoms with E-state index in [0.717, 1.165) is 11.9 Å². The quantitative estimate of drug-likeness (QED) is 0.739. The summed E-state index contributed by atoms with van der Waals surface area (Å²) < 4.78 is 0. The summed E-state index contributed by atoms with van der Waals surface area (Å²) in [6.07, 6.45) is 3.80. The highest BCUT2D eigenvalue weighted by Gasteiger charge is 2.06. The highest BCUT2D eigenvalue weighted by molar-refractivity contribution is 5.83. The van der Waals surface area contributed by atoms with Gasteiger partial charge in [0.15, 0.2) is 0 Å². The SMILES string of the molecule is O=C(O)CNC(=O)CCCc1c[nH]c2ccccc12. The van der Waals surface area contributed by atoms with Crippen molar-refractivity contribution in [1.82, 2.24) is 10.3 Å². The van der Waals surface area contributed by atoms with E-state index < -0.39 is 5.97 Å². The van der Waals surface area contributed by atoms with Gasteiger partial charge in [-0.3, -0.25) is 9.59 Å². The molecule has 5 heteroatoms. The number of carbonyl (C=O) groups is 2. The number of amides is 1. The molecule has 0 radical (unpaired) electrons. The van der Waals surface area contributed by atoms with Crippen molar-refractivity contribution in [2.45, 2.75) is 19.3 Å². The molecule has 3 N–H and O–H groups in total. The van der Waals surface area contributed by atoms with E-state index in [2.05, 4.69) is 10.3 Å². The van der Waals surface area contributed by atoms with Crippen molar-refractivity contribution in [3.05, 3.63) is 36.0 Å². The number of benzene rings is 1. The monoisotopic (exact) mass is 260 g/mol. The molecule has 1 heterocycles. The van der Waals surface area contributed by atoms with E-state index in [1.807, 2.05) is 30.5 Å². The van der Waals surface area contributed by atoms with E-state index in [4.69, 9.17) is 5.11 Å². The largest absolute Gasteiger partial charge is 0.480 e. The summed E-state index contributed by atoms with van der Waals surface area (Å²) in [5, 5.41) is 12.0. The van der Waals surface area contributed by atoms with Crippen molar-refractivity contribution in [2.75, 3.05) is 6.54 Å². The Hall–Kier alpha value is -2.30. The summed E-state index contributed by atoms with van der Waals surface area (Å²) in [4.78, 5) is 24.8. The third kappa shape index (κ3) is 3.58. The fourth-order valence-electron chi connectivity index (χ4n) is 2.04. The lowest BCUT2D eigenvalue weighted by atomic mass is 10.1. The van der Waals surface area contributed by atoms with Gasteiger partial charge in [-0.25, -0.2) is 0 Å². The summed E-state index contributed by atoms with van der Waals surface area (Å²) in [5.74, 6) is -1.24. The van der Waals surface area contributed by atoms with Gasteiger partial charge in [-0.15, -0.1) is 0 Å². The van der Waals surface area contributed by atoms with E-state index in [1.54, 1.807) is 0 Å². The Labute approximate surface area is 110 Å². The Morgan fingerprint density at radius 1 is 1.26 bits per heavy atom. The van der Waals surface area contributed by atoms with Crippen LogP contribution in [0.5, 0.6) is 0 Å². The first-order valence-electron chi connectivity index (χ1n) is 6.20. The van der Waals surface area contributed by atoms with Crippen LogP contribution in [0.1, 0.15) is 18.4 Å². The molecule has 0 aliphatic heterocycles. The molecule has 0 saturated heterocycles. The zero-order valence-electron chi connectivity index (χ0n) is 10.5. The predicted octanol–water partition coefficient (Wildman–Crippen LogP) is 1.69. The second-order valence-electron chi connectivity index (χ2n) is 4.38. The van der Waals surface area contributed by atoms with Gasteiger partial charge in [0.25, 0.3) is 0 Å². The number of aryl methyl sites for hydroxylation is 1. The molecule has 0 atom stereocenters. The lowest BCUT2D eigenvalue weighted by Crippen LogP contribution is -2.28. The minimum absolute atomic E-state index is 0.220. The van der Waals surface area contributed by atoms with Gasteiger partial charge < -0.3 is 15.4 Å². The second-order valence-corrected chi connectivity index (χ2v) is 4.38. The lowest BCUT2D eigenvalue weighted by Gasteiger charge is -2.02. The van der Waals surface area contributed by atoms with Crippen LogP contribution in [0.15, 0.2) is 30.5 Å². The van der Waals surface area contributed by atoms with E-state index in [1.165, 1.54) is 10.9 Å². The van der Waals surface area contributed by atoms with E-state index in [0.29, 0.717) is 12.8 Å². The van der Waals surface area contributed by atoms with Crippen LogP contribution in [0.3, 0.4) is 0 Å². The van der Waals surface area contributed by atoms with E-state index in [-0.39, 0.29) is 12.5 Å². The van der Waals surface area contributed by atoms with Crippen molar-refractivity contribution in [3.63, 3.8) is 0 Å². The first-order valence-corrected chi connectivity index (χ1v) is 6.20. The van der Waals surface area contributed by atoms with Gasteiger partial charge in [0.2, 0.25) is 5.91 Å². The standard InChI is InChI=1S/C14H16N2O3/c17-13(16-9-14(18)19)7-3-4-10-8-15-12-6-2-1-5-11(10)12/h1-2,5-6,8,15H,3-4,7,9H2,(H,16,17)(H,18,19). The smallest absolute Gasteiger partial charge is 0.322 e. The molecule has 1 aromatic heterocycles. The predicted molar refractivity (Wildman–Crippen MR) is 71.9 cm³/mol. The van der Waals surface area contributed by atoms with Crippen LogP contribution < -0.4 is 5.32 Å². The van der Waals surface area contributed by atoms with Gasteiger partial charge >= 0.3 is 5.97 Å². The number of hydrogen-bond acceptors (Lipinski definition) is 2. The molecule has 1 amide bonds. The molecule has 0 aliphatic carbocycles. The van der Waals surface area contributed by atoms with Crippen LogP contribution in [0.25, 0.3) is 10.9 Å². The number of nitrogens with one attached hydrogen (secondary N) is 2. The van der Waals surface area contributed by atoms with Gasteiger partial charge in [0.1, 0.15) is 6.54 Å². The molecule has 2 aromatic rings. The summed E-state index contributed by atoms with van der Waals surface area (Å²) in [6, 6.07) is 8.02. The molecule has 19 heavy (non-hydrogen) atoms. The molecule has 2 rings (SSSR count). The van der Waals surface area contributed by atoms with Gasteiger partial charge in [0.05, 0.1) is 0 Å². The first kappa shape index (κ1) is 13.1. The minimum atomic E-state index is -1.02. The van der Waals surface area contributed by atoms with Crippen molar-refractivity contribution < 1.29 is 14.7 Å². The number of fused-ring (bicyclic) bond motifs is 1. The topological polar surface area (TPSA) is 82.2 Å². The zero-order chi connectivity index (χ0) is 13.7. The number of rotatable bonds is 6. The molecule has 0 bridgehead atoms. The van der Waals surface area contributed by atoms with Gasteiger partial charge in [0, 0.05) is 23.5 Å². The minimum Gasteiger partial charge on any atom is -0.480 e. The third-order valence-electron chi connectivity index (χ3n) is 2.96. The Morgan fingerprint density at radius 3 is 2.84 bits per heavy atom. The molecule has 0 aliphatic rings. The number of aromatic nitrogens is 1. The van der Waals surface area contributed by atoms with Gasteiger partial charge in [-0.05, 0) is 24.5 Å². The number of carboxylic acids is 1. The number of carboxylic acid groups (broad SMARTS) is 1. The lowest BCUT2D eigenvalue weighted by molar-refractivity contribution is -0.137.